The number of ether oxygens (including phenoxy) is 1. The van der Waals surface area contributed by atoms with Crippen molar-refractivity contribution in [3.05, 3.63) is 40.8 Å². The van der Waals surface area contributed by atoms with Crippen molar-refractivity contribution in [2.45, 2.75) is 20.4 Å². The molecule has 5 heteroatoms. The van der Waals surface area contributed by atoms with E-state index in [4.69, 9.17) is 10.5 Å². The number of methoxy groups -OCH3 is 1. The molecule has 0 spiro atoms. The maximum Gasteiger partial charge on any atom is 0.341 e. The van der Waals surface area contributed by atoms with Crippen molar-refractivity contribution in [3.63, 3.8) is 0 Å². The number of benzene rings is 1. The zero-order valence-electron chi connectivity index (χ0n) is 13.3. The quantitative estimate of drug-likeness (QED) is 0.826. The Morgan fingerprint density at radius 2 is 1.86 bits per heavy atom. The van der Waals surface area contributed by atoms with Crippen LogP contribution in [0.15, 0.2) is 30.3 Å². The highest BCUT2D eigenvalue weighted by molar-refractivity contribution is 7.17. The summed E-state index contributed by atoms with van der Waals surface area (Å²) in [7, 11) is 1.39. The summed E-state index contributed by atoms with van der Waals surface area (Å²) in [6.07, 6.45) is 0. The van der Waals surface area contributed by atoms with E-state index in [0.717, 1.165) is 35.6 Å². The fraction of sp³-hybridized carbons (Fsp3) is 0.353. The molecule has 2 aromatic rings. The first kappa shape index (κ1) is 16.5. The lowest BCUT2D eigenvalue weighted by molar-refractivity contribution is 0.0603. The predicted molar refractivity (Wildman–Crippen MR) is 92.1 cm³/mol. The Labute approximate surface area is 135 Å². The molecule has 1 heterocycles. The number of anilines is 1. The molecule has 1 aromatic carbocycles. The van der Waals surface area contributed by atoms with Crippen molar-refractivity contribution in [2.24, 2.45) is 0 Å². The average molecular weight is 318 g/mol. The minimum atomic E-state index is -0.376. The fourth-order valence-electron chi connectivity index (χ4n) is 2.47. The number of carbonyl (C=O) groups excluding carboxylic acids is 1. The van der Waals surface area contributed by atoms with Crippen LogP contribution in [0.4, 0.5) is 5.00 Å². The molecule has 0 aliphatic carbocycles. The highest BCUT2D eigenvalue weighted by atomic mass is 32.1. The number of hydrogen-bond donors (Lipinski definition) is 1. The fourth-order valence-corrected chi connectivity index (χ4v) is 3.60. The number of nitrogens with zero attached hydrogens (tertiary/aromatic N) is 1. The Kier molecular flexibility index (Phi) is 5.57. The Bertz CT molecular complexity index is 634. The molecule has 1 aromatic heterocycles. The highest BCUT2D eigenvalue weighted by Crippen LogP contribution is 2.39. The number of carbonyl (C=O) groups is 1. The van der Waals surface area contributed by atoms with Crippen LogP contribution in [-0.2, 0) is 11.3 Å². The molecule has 0 amide bonds. The minimum Gasteiger partial charge on any atom is -0.465 e. The third kappa shape index (κ3) is 3.31. The van der Waals surface area contributed by atoms with Gasteiger partial charge in [-0.2, -0.15) is 0 Å². The second-order valence-electron chi connectivity index (χ2n) is 4.96. The SMILES string of the molecule is CCN(CC)Cc1sc(N)c(C(=O)OC)c1-c1ccccc1. The summed E-state index contributed by atoms with van der Waals surface area (Å²) < 4.78 is 4.92. The van der Waals surface area contributed by atoms with E-state index >= 15 is 0 Å². The van der Waals surface area contributed by atoms with E-state index < -0.39 is 0 Å². The first-order chi connectivity index (χ1) is 10.6. The lowest BCUT2D eigenvalue weighted by Gasteiger charge is -2.18. The number of nitrogen functional groups attached to an aromatic ring is 1. The predicted octanol–water partition coefficient (Wildman–Crippen LogP) is 3.63. The van der Waals surface area contributed by atoms with Gasteiger partial charge in [0.05, 0.1) is 7.11 Å². The summed E-state index contributed by atoms with van der Waals surface area (Å²) in [6.45, 7) is 6.95. The number of rotatable bonds is 6. The van der Waals surface area contributed by atoms with Gasteiger partial charge >= 0.3 is 5.97 Å². The van der Waals surface area contributed by atoms with Crippen LogP contribution in [0.3, 0.4) is 0 Å². The van der Waals surface area contributed by atoms with Gasteiger partial charge in [-0.1, -0.05) is 44.2 Å². The topological polar surface area (TPSA) is 55.6 Å². The molecule has 2 N–H and O–H groups in total. The molecular weight excluding hydrogens is 296 g/mol. The minimum absolute atomic E-state index is 0.376. The molecule has 0 fully saturated rings. The average Bonchev–Trinajstić information content (AvgIpc) is 2.88. The second-order valence-corrected chi connectivity index (χ2v) is 6.10. The molecule has 22 heavy (non-hydrogen) atoms. The van der Waals surface area contributed by atoms with Crippen molar-refractivity contribution in [1.29, 1.82) is 0 Å². The molecule has 0 unspecified atom stereocenters. The summed E-state index contributed by atoms with van der Waals surface area (Å²) in [5.74, 6) is -0.376. The van der Waals surface area contributed by atoms with E-state index in [1.807, 2.05) is 30.3 Å². The molecule has 0 radical (unpaired) electrons. The van der Waals surface area contributed by atoms with Crippen LogP contribution in [0.2, 0.25) is 0 Å². The van der Waals surface area contributed by atoms with Gasteiger partial charge in [0, 0.05) is 17.0 Å². The van der Waals surface area contributed by atoms with E-state index in [1.54, 1.807) is 0 Å². The molecule has 4 nitrogen and oxygen atoms in total. The van der Waals surface area contributed by atoms with Gasteiger partial charge in [0.1, 0.15) is 10.6 Å². The van der Waals surface area contributed by atoms with Crippen LogP contribution in [-0.4, -0.2) is 31.1 Å². The van der Waals surface area contributed by atoms with Gasteiger partial charge in [-0.25, -0.2) is 4.79 Å². The molecule has 0 saturated carbocycles. The van der Waals surface area contributed by atoms with Crippen LogP contribution in [0.5, 0.6) is 0 Å². The van der Waals surface area contributed by atoms with E-state index in [-0.39, 0.29) is 5.97 Å². The zero-order chi connectivity index (χ0) is 16.1. The molecule has 0 aliphatic heterocycles. The second kappa shape index (κ2) is 7.42. The first-order valence-corrected chi connectivity index (χ1v) is 8.21. The Balaban J connectivity index is 2.57. The maximum atomic E-state index is 12.2. The van der Waals surface area contributed by atoms with Crippen LogP contribution in [0, 0.1) is 0 Å². The maximum absolute atomic E-state index is 12.2. The van der Waals surface area contributed by atoms with Gasteiger partial charge in [0.15, 0.2) is 0 Å². The first-order valence-electron chi connectivity index (χ1n) is 7.39. The smallest absolute Gasteiger partial charge is 0.341 e. The van der Waals surface area contributed by atoms with Gasteiger partial charge in [-0.3, -0.25) is 4.90 Å². The zero-order valence-corrected chi connectivity index (χ0v) is 14.1. The molecule has 2 rings (SSSR count). The van der Waals surface area contributed by atoms with E-state index in [9.17, 15) is 4.79 Å². The van der Waals surface area contributed by atoms with E-state index in [2.05, 4.69) is 18.7 Å². The summed E-state index contributed by atoms with van der Waals surface area (Å²) in [6, 6.07) is 9.89. The largest absolute Gasteiger partial charge is 0.465 e. The van der Waals surface area contributed by atoms with Crippen molar-refractivity contribution in [2.75, 3.05) is 25.9 Å². The molecule has 0 bridgehead atoms. The highest BCUT2D eigenvalue weighted by Gasteiger charge is 2.24. The molecule has 118 valence electrons. The number of hydrogen-bond acceptors (Lipinski definition) is 5. The number of thiophene rings is 1. The van der Waals surface area contributed by atoms with Crippen molar-refractivity contribution < 1.29 is 9.53 Å². The Morgan fingerprint density at radius 3 is 2.41 bits per heavy atom. The van der Waals surface area contributed by atoms with Crippen LogP contribution in [0.1, 0.15) is 29.1 Å². The summed E-state index contributed by atoms with van der Waals surface area (Å²) >= 11 is 1.47. The summed E-state index contributed by atoms with van der Waals surface area (Å²) in [5, 5.41) is 0.521. The summed E-state index contributed by atoms with van der Waals surface area (Å²) in [5.41, 5.74) is 8.50. The van der Waals surface area contributed by atoms with Crippen molar-refractivity contribution in [1.82, 2.24) is 4.90 Å². The number of nitrogens with two attached hydrogens (primary N) is 1. The van der Waals surface area contributed by atoms with Gasteiger partial charge in [-0.15, -0.1) is 11.3 Å². The van der Waals surface area contributed by atoms with E-state index in [0.29, 0.717) is 10.6 Å². The van der Waals surface area contributed by atoms with E-state index in [1.165, 1.54) is 18.4 Å². The lowest BCUT2D eigenvalue weighted by atomic mass is 10.0. The molecule has 0 aliphatic rings. The van der Waals surface area contributed by atoms with Crippen LogP contribution in [0.25, 0.3) is 11.1 Å². The Morgan fingerprint density at radius 1 is 1.23 bits per heavy atom. The monoisotopic (exact) mass is 318 g/mol. The van der Waals surface area contributed by atoms with Crippen molar-refractivity contribution >= 4 is 22.3 Å². The number of esters is 1. The third-order valence-electron chi connectivity index (χ3n) is 3.72. The lowest BCUT2D eigenvalue weighted by Crippen LogP contribution is -2.22. The Hall–Kier alpha value is -1.85. The third-order valence-corrected chi connectivity index (χ3v) is 4.73. The summed E-state index contributed by atoms with van der Waals surface area (Å²) in [4.78, 5) is 15.6. The van der Waals surface area contributed by atoms with Crippen LogP contribution < -0.4 is 5.73 Å². The van der Waals surface area contributed by atoms with Crippen LogP contribution >= 0.6 is 11.3 Å². The van der Waals surface area contributed by atoms with Gasteiger partial charge < -0.3 is 10.5 Å². The molecule has 0 atom stereocenters. The van der Waals surface area contributed by atoms with Crippen molar-refractivity contribution in [3.8, 4) is 11.1 Å². The van der Waals surface area contributed by atoms with Gasteiger partial charge in [-0.05, 0) is 18.7 Å². The van der Waals surface area contributed by atoms with Gasteiger partial charge in [0.2, 0.25) is 0 Å². The normalized spacial score (nSPS) is 10.9. The molecule has 0 saturated heterocycles. The molecular formula is C17H22N2O2S. The standard InChI is InChI=1S/C17H22N2O2S/c1-4-19(5-2)11-13-14(12-9-7-6-8-10-12)15(16(18)22-13)17(20)21-3/h6-10H,4-5,11,18H2,1-3H3. The van der Waals surface area contributed by atoms with Gasteiger partial charge in [0.25, 0.3) is 0 Å².